The number of anilines is 1. The number of carbonyl (C=O) groups is 2. The summed E-state index contributed by atoms with van der Waals surface area (Å²) in [6.45, 7) is 1.99. The van der Waals surface area contributed by atoms with E-state index in [2.05, 4.69) is 12.2 Å². The largest absolute Gasteiger partial charge is 0.484 e. The molecule has 0 spiro atoms. The standard InChI is InChI=1S/C19H23N3O3/c1-2-3-4-14-5-9-16(10-6-14)21-19(24)15-7-11-17(12-8-15)25-13-18(23)22-20/h5-12H,2-4,13,20H2,1H3,(H,21,24)(H,22,23). The van der Waals surface area contributed by atoms with Crippen LogP contribution >= 0.6 is 0 Å². The van der Waals surface area contributed by atoms with Crippen LogP contribution < -0.4 is 21.3 Å². The number of hydrogen-bond donors (Lipinski definition) is 3. The summed E-state index contributed by atoms with van der Waals surface area (Å²) in [6, 6.07) is 14.4. The maximum Gasteiger partial charge on any atom is 0.271 e. The summed E-state index contributed by atoms with van der Waals surface area (Å²) in [4.78, 5) is 23.3. The average Bonchev–Trinajstić information content (AvgIpc) is 2.65. The van der Waals surface area contributed by atoms with Crippen LogP contribution in [0.1, 0.15) is 35.7 Å². The molecule has 0 aliphatic carbocycles. The number of rotatable bonds is 8. The third kappa shape index (κ3) is 5.93. The fourth-order valence-electron chi connectivity index (χ4n) is 2.23. The molecule has 0 bridgehead atoms. The van der Waals surface area contributed by atoms with Gasteiger partial charge in [-0.15, -0.1) is 0 Å². The van der Waals surface area contributed by atoms with Crippen LogP contribution in [0.2, 0.25) is 0 Å². The lowest BCUT2D eigenvalue weighted by molar-refractivity contribution is -0.123. The number of amides is 2. The highest BCUT2D eigenvalue weighted by Crippen LogP contribution is 2.15. The van der Waals surface area contributed by atoms with E-state index in [1.807, 2.05) is 29.7 Å². The van der Waals surface area contributed by atoms with Crippen molar-refractivity contribution in [3.63, 3.8) is 0 Å². The fraction of sp³-hybridized carbons (Fsp3) is 0.263. The lowest BCUT2D eigenvalue weighted by atomic mass is 10.1. The summed E-state index contributed by atoms with van der Waals surface area (Å²) in [5, 5.41) is 2.86. The van der Waals surface area contributed by atoms with Crippen molar-refractivity contribution in [3.05, 3.63) is 59.7 Å². The molecule has 2 aromatic carbocycles. The van der Waals surface area contributed by atoms with Gasteiger partial charge in [0.05, 0.1) is 0 Å². The third-order valence-electron chi connectivity index (χ3n) is 3.68. The summed E-state index contributed by atoms with van der Waals surface area (Å²) in [7, 11) is 0. The fourth-order valence-corrected chi connectivity index (χ4v) is 2.23. The van der Waals surface area contributed by atoms with Crippen LogP contribution in [0.25, 0.3) is 0 Å². The summed E-state index contributed by atoms with van der Waals surface area (Å²) in [6.07, 6.45) is 3.37. The Morgan fingerprint density at radius 2 is 1.72 bits per heavy atom. The molecule has 6 nitrogen and oxygen atoms in total. The van der Waals surface area contributed by atoms with Gasteiger partial charge >= 0.3 is 0 Å². The molecule has 0 saturated carbocycles. The zero-order chi connectivity index (χ0) is 18.1. The number of ether oxygens (including phenoxy) is 1. The Kier molecular flexibility index (Phi) is 6.98. The quantitative estimate of drug-likeness (QED) is 0.391. The number of nitrogens with one attached hydrogen (secondary N) is 2. The number of aryl methyl sites for hydroxylation is 1. The average molecular weight is 341 g/mol. The number of benzene rings is 2. The van der Waals surface area contributed by atoms with Gasteiger partial charge < -0.3 is 10.1 Å². The van der Waals surface area contributed by atoms with Crippen LogP contribution in [0.15, 0.2) is 48.5 Å². The van der Waals surface area contributed by atoms with E-state index in [4.69, 9.17) is 10.6 Å². The molecule has 132 valence electrons. The monoisotopic (exact) mass is 341 g/mol. The Hall–Kier alpha value is -2.86. The lowest BCUT2D eigenvalue weighted by Gasteiger charge is -2.08. The van der Waals surface area contributed by atoms with Crippen LogP contribution in [-0.4, -0.2) is 18.4 Å². The first-order chi connectivity index (χ1) is 12.1. The first-order valence-corrected chi connectivity index (χ1v) is 8.25. The highest BCUT2D eigenvalue weighted by molar-refractivity contribution is 6.04. The van der Waals surface area contributed by atoms with Gasteiger partial charge in [-0.1, -0.05) is 25.5 Å². The van der Waals surface area contributed by atoms with Crippen LogP contribution in [0.5, 0.6) is 5.75 Å². The third-order valence-corrected chi connectivity index (χ3v) is 3.68. The SMILES string of the molecule is CCCCc1ccc(NC(=O)c2ccc(OCC(=O)NN)cc2)cc1. The van der Waals surface area contributed by atoms with Crippen molar-refractivity contribution in [3.8, 4) is 5.75 Å². The molecular weight excluding hydrogens is 318 g/mol. The molecule has 2 amide bonds. The molecule has 0 unspecified atom stereocenters. The molecule has 4 N–H and O–H groups in total. The predicted molar refractivity (Wildman–Crippen MR) is 97.3 cm³/mol. The van der Waals surface area contributed by atoms with E-state index < -0.39 is 5.91 Å². The van der Waals surface area contributed by atoms with Crippen molar-refractivity contribution in [1.29, 1.82) is 0 Å². The van der Waals surface area contributed by atoms with Gasteiger partial charge in [-0.25, -0.2) is 5.84 Å². The van der Waals surface area contributed by atoms with Crippen molar-refractivity contribution in [2.45, 2.75) is 26.2 Å². The van der Waals surface area contributed by atoms with E-state index in [-0.39, 0.29) is 12.5 Å². The van der Waals surface area contributed by atoms with E-state index >= 15 is 0 Å². The highest BCUT2D eigenvalue weighted by Gasteiger charge is 2.07. The zero-order valence-electron chi connectivity index (χ0n) is 14.2. The minimum Gasteiger partial charge on any atom is -0.484 e. The van der Waals surface area contributed by atoms with E-state index in [1.165, 1.54) is 5.56 Å². The first-order valence-electron chi connectivity index (χ1n) is 8.25. The smallest absolute Gasteiger partial charge is 0.271 e. The molecule has 2 aromatic rings. The number of unbranched alkanes of at least 4 members (excludes halogenated alkanes) is 1. The van der Waals surface area contributed by atoms with Crippen molar-refractivity contribution >= 4 is 17.5 Å². The molecule has 0 aliphatic rings. The molecular formula is C19H23N3O3. The molecule has 0 saturated heterocycles. The van der Waals surface area contributed by atoms with Crippen LogP contribution in [0.4, 0.5) is 5.69 Å². The lowest BCUT2D eigenvalue weighted by Crippen LogP contribution is -2.34. The van der Waals surface area contributed by atoms with Crippen molar-refractivity contribution in [2.75, 3.05) is 11.9 Å². The molecule has 25 heavy (non-hydrogen) atoms. The normalized spacial score (nSPS) is 10.2. The van der Waals surface area contributed by atoms with Gasteiger partial charge in [-0.3, -0.25) is 15.0 Å². The first kappa shape index (κ1) is 18.5. The van der Waals surface area contributed by atoms with Crippen molar-refractivity contribution in [2.24, 2.45) is 5.84 Å². The Morgan fingerprint density at radius 1 is 1.04 bits per heavy atom. The summed E-state index contributed by atoms with van der Waals surface area (Å²) < 4.78 is 5.23. The zero-order valence-corrected chi connectivity index (χ0v) is 14.2. The van der Waals surface area contributed by atoms with Crippen molar-refractivity contribution < 1.29 is 14.3 Å². The molecule has 6 heteroatoms. The second-order valence-corrected chi connectivity index (χ2v) is 5.64. The second-order valence-electron chi connectivity index (χ2n) is 5.64. The maximum absolute atomic E-state index is 12.3. The summed E-state index contributed by atoms with van der Waals surface area (Å²) >= 11 is 0. The van der Waals surface area contributed by atoms with Gasteiger partial charge in [0, 0.05) is 11.3 Å². The molecule has 0 aromatic heterocycles. The Labute approximate surface area is 147 Å². The van der Waals surface area contributed by atoms with Crippen LogP contribution in [-0.2, 0) is 11.2 Å². The van der Waals surface area contributed by atoms with Gasteiger partial charge in [-0.05, 0) is 54.8 Å². The van der Waals surface area contributed by atoms with Crippen molar-refractivity contribution in [1.82, 2.24) is 5.43 Å². The number of hydrazine groups is 1. The molecule has 0 atom stereocenters. The highest BCUT2D eigenvalue weighted by atomic mass is 16.5. The van der Waals surface area contributed by atoms with Gasteiger partial charge in [0.1, 0.15) is 5.75 Å². The second kappa shape index (κ2) is 9.44. The van der Waals surface area contributed by atoms with E-state index in [0.29, 0.717) is 11.3 Å². The van der Waals surface area contributed by atoms with Gasteiger partial charge in [0.25, 0.3) is 11.8 Å². The topological polar surface area (TPSA) is 93.4 Å². The molecule has 0 aliphatic heterocycles. The number of carbonyl (C=O) groups excluding carboxylic acids is 2. The minimum absolute atomic E-state index is 0.174. The predicted octanol–water partition coefficient (Wildman–Crippen LogP) is 2.65. The minimum atomic E-state index is -0.427. The maximum atomic E-state index is 12.3. The van der Waals surface area contributed by atoms with E-state index in [0.717, 1.165) is 24.9 Å². The Bertz CT molecular complexity index is 697. The Balaban J connectivity index is 1.90. The number of hydrogen-bond acceptors (Lipinski definition) is 4. The number of nitrogens with two attached hydrogens (primary N) is 1. The van der Waals surface area contributed by atoms with E-state index in [1.54, 1.807) is 24.3 Å². The molecule has 0 fully saturated rings. The molecule has 0 radical (unpaired) electrons. The summed E-state index contributed by atoms with van der Waals surface area (Å²) in [5.41, 5.74) is 4.51. The Morgan fingerprint density at radius 3 is 2.32 bits per heavy atom. The van der Waals surface area contributed by atoms with Gasteiger partial charge in [-0.2, -0.15) is 0 Å². The molecule has 2 rings (SSSR count). The van der Waals surface area contributed by atoms with Crippen LogP contribution in [0, 0.1) is 0 Å². The van der Waals surface area contributed by atoms with E-state index in [9.17, 15) is 9.59 Å². The van der Waals surface area contributed by atoms with Gasteiger partial charge in [0.15, 0.2) is 6.61 Å². The molecule has 0 heterocycles. The van der Waals surface area contributed by atoms with Crippen LogP contribution in [0.3, 0.4) is 0 Å². The summed E-state index contributed by atoms with van der Waals surface area (Å²) in [5.74, 6) is 4.83. The van der Waals surface area contributed by atoms with Gasteiger partial charge in [0.2, 0.25) is 0 Å².